The Hall–Kier alpha value is -3.48. The standard InChI is InChI=1S/C22H23N5O2/c1-2-17-4-6-18(7-5-17)21(28)25-12-14-26(15-13-25)22(29)19-8-9-20(23-16-19)27-11-3-10-24-27/h3-11,16H,2,12-15H2,1H3. The topological polar surface area (TPSA) is 71.3 Å². The zero-order valence-electron chi connectivity index (χ0n) is 16.4. The van der Waals surface area contributed by atoms with Crippen molar-refractivity contribution < 1.29 is 9.59 Å². The smallest absolute Gasteiger partial charge is 0.255 e. The maximum absolute atomic E-state index is 12.8. The first-order chi connectivity index (χ1) is 14.2. The van der Waals surface area contributed by atoms with E-state index in [0.717, 1.165) is 6.42 Å². The summed E-state index contributed by atoms with van der Waals surface area (Å²) >= 11 is 0. The number of pyridine rings is 1. The van der Waals surface area contributed by atoms with Gasteiger partial charge in [-0.3, -0.25) is 9.59 Å². The molecule has 4 rings (SSSR count). The first kappa shape index (κ1) is 18.9. The minimum Gasteiger partial charge on any atom is -0.335 e. The number of carbonyl (C=O) groups excluding carboxylic acids is 2. The lowest BCUT2D eigenvalue weighted by molar-refractivity contribution is 0.0535. The van der Waals surface area contributed by atoms with Gasteiger partial charge in [0.2, 0.25) is 0 Å². The van der Waals surface area contributed by atoms with Crippen LogP contribution in [-0.2, 0) is 6.42 Å². The average Bonchev–Trinajstić information content (AvgIpc) is 3.33. The Bertz CT molecular complexity index is 973. The lowest BCUT2D eigenvalue weighted by Gasteiger charge is -2.34. The minimum atomic E-state index is -0.0658. The fraction of sp³-hybridized carbons (Fsp3) is 0.273. The molecule has 2 amide bonds. The molecule has 1 aliphatic rings. The third-order valence-corrected chi connectivity index (χ3v) is 5.20. The van der Waals surface area contributed by atoms with E-state index in [1.807, 2.05) is 35.2 Å². The predicted molar refractivity (Wildman–Crippen MR) is 109 cm³/mol. The van der Waals surface area contributed by atoms with Crippen LogP contribution in [0.25, 0.3) is 5.82 Å². The first-order valence-corrected chi connectivity index (χ1v) is 9.79. The number of rotatable bonds is 4. The second-order valence-electron chi connectivity index (χ2n) is 6.99. The Balaban J connectivity index is 1.36. The fourth-order valence-corrected chi connectivity index (χ4v) is 3.41. The summed E-state index contributed by atoms with van der Waals surface area (Å²) in [6.07, 6.45) is 6.01. The Morgan fingerprint density at radius 3 is 2.03 bits per heavy atom. The second-order valence-corrected chi connectivity index (χ2v) is 6.99. The molecule has 0 N–H and O–H groups in total. The molecule has 1 aliphatic heterocycles. The molecule has 3 aromatic rings. The van der Waals surface area contributed by atoms with Crippen LogP contribution in [0.1, 0.15) is 33.2 Å². The van der Waals surface area contributed by atoms with Gasteiger partial charge in [0.15, 0.2) is 5.82 Å². The maximum Gasteiger partial charge on any atom is 0.255 e. The third-order valence-electron chi connectivity index (χ3n) is 5.20. The van der Waals surface area contributed by atoms with E-state index in [1.165, 1.54) is 5.56 Å². The molecule has 3 heterocycles. The molecule has 7 heteroatoms. The Labute approximate surface area is 169 Å². The van der Waals surface area contributed by atoms with Gasteiger partial charge in [0.25, 0.3) is 11.8 Å². The van der Waals surface area contributed by atoms with Crippen LogP contribution in [0.2, 0.25) is 0 Å². The molecule has 0 bridgehead atoms. The van der Waals surface area contributed by atoms with Gasteiger partial charge in [0, 0.05) is 50.3 Å². The fourth-order valence-electron chi connectivity index (χ4n) is 3.41. The average molecular weight is 389 g/mol. The SMILES string of the molecule is CCc1ccc(C(=O)N2CCN(C(=O)c3ccc(-n4cccn4)nc3)CC2)cc1. The van der Waals surface area contributed by atoms with Crippen LogP contribution in [0.3, 0.4) is 0 Å². The third kappa shape index (κ3) is 4.03. The van der Waals surface area contributed by atoms with E-state index in [4.69, 9.17) is 0 Å². The molecule has 148 valence electrons. The summed E-state index contributed by atoms with van der Waals surface area (Å²) in [5, 5.41) is 4.13. The number of hydrogen-bond donors (Lipinski definition) is 0. The number of aryl methyl sites for hydroxylation is 1. The predicted octanol–water partition coefficient (Wildman–Crippen LogP) is 2.43. The van der Waals surface area contributed by atoms with E-state index < -0.39 is 0 Å². The molecular formula is C22H23N5O2. The van der Waals surface area contributed by atoms with E-state index in [1.54, 1.807) is 40.3 Å². The van der Waals surface area contributed by atoms with Crippen LogP contribution < -0.4 is 0 Å². The molecule has 0 spiro atoms. The van der Waals surface area contributed by atoms with Crippen LogP contribution >= 0.6 is 0 Å². The van der Waals surface area contributed by atoms with Crippen molar-refractivity contribution in [3.63, 3.8) is 0 Å². The molecule has 2 aromatic heterocycles. The lowest BCUT2D eigenvalue weighted by atomic mass is 10.1. The van der Waals surface area contributed by atoms with E-state index in [2.05, 4.69) is 17.0 Å². The second kappa shape index (κ2) is 8.26. The van der Waals surface area contributed by atoms with Crippen LogP contribution in [0.5, 0.6) is 0 Å². The van der Waals surface area contributed by atoms with Crippen molar-refractivity contribution in [2.45, 2.75) is 13.3 Å². The molecule has 1 fully saturated rings. The van der Waals surface area contributed by atoms with Crippen molar-refractivity contribution in [2.24, 2.45) is 0 Å². The zero-order valence-corrected chi connectivity index (χ0v) is 16.4. The molecule has 1 aromatic carbocycles. The van der Waals surface area contributed by atoms with E-state index in [9.17, 15) is 9.59 Å². The molecule has 7 nitrogen and oxygen atoms in total. The van der Waals surface area contributed by atoms with Gasteiger partial charge in [-0.15, -0.1) is 0 Å². The molecule has 0 saturated carbocycles. The molecule has 0 aliphatic carbocycles. The van der Waals surface area contributed by atoms with Gasteiger partial charge < -0.3 is 9.80 Å². The molecule has 0 radical (unpaired) electrons. The van der Waals surface area contributed by atoms with Gasteiger partial charge in [0.1, 0.15) is 0 Å². The highest BCUT2D eigenvalue weighted by Crippen LogP contribution is 2.13. The largest absolute Gasteiger partial charge is 0.335 e. The molecule has 0 unspecified atom stereocenters. The highest BCUT2D eigenvalue weighted by atomic mass is 16.2. The summed E-state index contributed by atoms with van der Waals surface area (Å²) in [6, 6.07) is 13.1. The van der Waals surface area contributed by atoms with Crippen LogP contribution in [0.15, 0.2) is 61.1 Å². The van der Waals surface area contributed by atoms with E-state index in [0.29, 0.717) is 43.1 Å². The Morgan fingerprint density at radius 2 is 1.52 bits per heavy atom. The summed E-state index contributed by atoms with van der Waals surface area (Å²) in [4.78, 5) is 33.4. The minimum absolute atomic E-state index is 0.0185. The van der Waals surface area contributed by atoms with Crippen LogP contribution in [-0.4, -0.2) is 62.6 Å². The lowest BCUT2D eigenvalue weighted by Crippen LogP contribution is -2.50. The molecule has 29 heavy (non-hydrogen) atoms. The Morgan fingerprint density at radius 1 is 0.897 bits per heavy atom. The van der Waals surface area contributed by atoms with E-state index >= 15 is 0 Å². The highest BCUT2D eigenvalue weighted by Gasteiger charge is 2.25. The monoisotopic (exact) mass is 389 g/mol. The van der Waals surface area contributed by atoms with Crippen molar-refractivity contribution in [1.82, 2.24) is 24.6 Å². The summed E-state index contributed by atoms with van der Waals surface area (Å²) in [6.45, 7) is 4.17. The van der Waals surface area contributed by atoms with Crippen molar-refractivity contribution in [2.75, 3.05) is 26.2 Å². The van der Waals surface area contributed by atoms with Gasteiger partial charge >= 0.3 is 0 Å². The van der Waals surface area contributed by atoms with Gasteiger partial charge in [-0.1, -0.05) is 19.1 Å². The number of amides is 2. The normalized spacial score (nSPS) is 14.1. The maximum atomic E-state index is 12.8. The van der Waals surface area contributed by atoms with Crippen molar-refractivity contribution >= 4 is 11.8 Å². The molecular weight excluding hydrogens is 366 g/mol. The van der Waals surface area contributed by atoms with Crippen LogP contribution in [0.4, 0.5) is 0 Å². The molecule has 1 saturated heterocycles. The zero-order chi connectivity index (χ0) is 20.2. The van der Waals surface area contributed by atoms with Gasteiger partial charge in [-0.2, -0.15) is 5.10 Å². The number of hydrogen-bond acceptors (Lipinski definition) is 4. The van der Waals surface area contributed by atoms with Crippen molar-refractivity contribution in [3.8, 4) is 5.82 Å². The van der Waals surface area contributed by atoms with Gasteiger partial charge in [-0.25, -0.2) is 9.67 Å². The summed E-state index contributed by atoms with van der Waals surface area (Å²) < 4.78 is 1.64. The number of nitrogens with zero attached hydrogens (tertiary/aromatic N) is 5. The van der Waals surface area contributed by atoms with Gasteiger partial charge in [0.05, 0.1) is 5.56 Å². The quantitative estimate of drug-likeness (QED) is 0.687. The number of carbonyl (C=O) groups is 2. The number of aromatic nitrogens is 3. The highest BCUT2D eigenvalue weighted by molar-refractivity contribution is 5.96. The number of piperazine rings is 1. The molecule has 0 atom stereocenters. The van der Waals surface area contributed by atoms with E-state index in [-0.39, 0.29) is 11.8 Å². The summed E-state index contributed by atoms with van der Waals surface area (Å²) in [5.74, 6) is 0.616. The summed E-state index contributed by atoms with van der Waals surface area (Å²) in [7, 11) is 0. The van der Waals surface area contributed by atoms with Gasteiger partial charge in [-0.05, 0) is 42.3 Å². The van der Waals surface area contributed by atoms with Crippen molar-refractivity contribution in [1.29, 1.82) is 0 Å². The van der Waals surface area contributed by atoms with Crippen LogP contribution in [0, 0.1) is 0 Å². The summed E-state index contributed by atoms with van der Waals surface area (Å²) in [5.41, 5.74) is 2.44. The number of benzene rings is 1. The Kier molecular flexibility index (Phi) is 5.37. The first-order valence-electron chi connectivity index (χ1n) is 9.79. The van der Waals surface area contributed by atoms with Crippen molar-refractivity contribution in [3.05, 3.63) is 77.7 Å².